The zero-order valence-electron chi connectivity index (χ0n) is 12.7. The summed E-state index contributed by atoms with van der Waals surface area (Å²) in [6.45, 7) is 3.59. The quantitative estimate of drug-likeness (QED) is 0.851. The van der Waals surface area contributed by atoms with E-state index in [0.29, 0.717) is 25.2 Å². The predicted octanol–water partition coefficient (Wildman–Crippen LogP) is 2.30. The van der Waals surface area contributed by atoms with Crippen LogP contribution in [-0.4, -0.2) is 23.1 Å². The van der Waals surface area contributed by atoms with Crippen LogP contribution in [0, 0.1) is 24.1 Å². The Morgan fingerprint density at radius 2 is 1.95 bits per heavy atom. The van der Waals surface area contributed by atoms with Gasteiger partial charge in [0.1, 0.15) is 17.4 Å². The highest BCUT2D eigenvalue weighted by Crippen LogP contribution is 2.06. The Kier molecular flexibility index (Phi) is 5.08. The van der Waals surface area contributed by atoms with Crippen LogP contribution in [0.2, 0.25) is 0 Å². The van der Waals surface area contributed by atoms with E-state index in [9.17, 15) is 9.18 Å². The van der Waals surface area contributed by atoms with Crippen LogP contribution in [0.5, 0.6) is 0 Å². The number of pyridine rings is 1. The largest absolute Gasteiger partial charge is 0.313 e. The number of hydrogen-bond donors (Lipinski definition) is 0. The number of likely N-dealkylation sites (N-methyl/N-ethyl adjacent to an activating group) is 1. The Morgan fingerprint density at radius 1 is 1.27 bits per heavy atom. The number of aromatic nitrogens is 1. The standard InChI is InChI=1S/C17H18FN3O/c1-13-7-8-21(17(22)16(13)11-19)10-9-20(2)12-14-3-5-15(18)6-4-14/h3-8H,9-10,12H2,1-2H3. The Morgan fingerprint density at radius 3 is 2.59 bits per heavy atom. The van der Waals surface area contributed by atoms with Crippen LogP contribution in [0.25, 0.3) is 0 Å². The second-order valence-corrected chi connectivity index (χ2v) is 5.35. The van der Waals surface area contributed by atoms with E-state index in [0.717, 1.165) is 5.56 Å². The molecule has 0 N–H and O–H groups in total. The van der Waals surface area contributed by atoms with Gasteiger partial charge < -0.3 is 9.47 Å². The van der Waals surface area contributed by atoms with E-state index in [2.05, 4.69) is 0 Å². The van der Waals surface area contributed by atoms with Crippen molar-refractivity contribution in [2.24, 2.45) is 0 Å². The first kappa shape index (κ1) is 15.9. The molecule has 114 valence electrons. The van der Waals surface area contributed by atoms with Crippen molar-refractivity contribution in [2.75, 3.05) is 13.6 Å². The highest BCUT2D eigenvalue weighted by atomic mass is 19.1. The molecule has 5 heteroatoms. The summed E-state index contributed by atoms with van der Waals surface area (Å²) in [5.74, 6) is -0.248. The van der Waals surface area contributed by atoms with Gasteiger partial charge in [-0.2, -0.15) is 5.26 Å². The van der Waals surface area contributed by atoms with Gasteiger partial charge in [-0.1, -0.05) is 12.1 Å². The second kappa shape index (κ2) is 7.01. The van der Waals surface area contributed by atoms with E-state index in [4.69, 9.17) is 5.26 Å². The summed E-state index contributed by atoms with van der Waals surface area (Å²) in [7, 11) is 1.94. The molecule has 1 aromatic carbocycles. The molecule has 0 atom stereocenters. The van der Waals surface area contributed by atoms with Gasteiger partial charge in [0.25, 0.3) is 5.56 Å². The molecule has 0 amide bonds. The third kappa shape index (κ3) is 3.80. The van der Waals surface area contributed by atoms with E-state index in [-0.39, 0.29) is 16.9 Å². The first-order valence-electron chi connectivity index (χ1n) is 7.04. The van der Waals surface area contributed by atoms with Gasteiger partial charge in [0.15, 0.2) is 0 Å². The Hall–Kier alpha value is -2.45. The number of hydrogen-bond acceptors (Lipinski definition) is 3. The smallest absolute Gasteiger partial charge is 0.268 e. The number of nitrogens with zero attached hydrogens (tertiary/aromatic N) is 3. The summed E-state index contributed by atoms with van der Waals surface area (Å²) in [5.41, 5.74) is 1.66. The van der Waals surface area contributed by atoms with Crippen molar-refractivity contribution in [2.45, 2.75) is 20.0 Å². The molecule has 0 aliphatic carbocycles. The lowest BCUT2D eigenvalue weighted by atomic mass is 10.2. The minimum absolute atomic E-state index is 0.198. The summed E-state index contributed by atoms with van der Waals surface area (Å²) < 4.78 is 14.4. The third-order valence-corrected chi connectivity index (χ3v) is 3.57. The van der Waals surface area contributed by atoms with E-state index in [1.54, 1.807) is 35.9 Å². The van der Waals surface area contributed by atoms with Gasteiger partial charge in [0, 0.05) is 25.8 Å². The molecule has 22 heavy (non-hydrogen) atoms. The van der Waals surface area contributed by atoms with E-state index >= 15 is 0 Å². The van der Waals surface area contributed by atoms with Crippen molar-refractivity contribution in [1.82, 2.24) is 9.47 Å². The molecule has 0 aliphatic heterocycles. The number of benzene rings is 1. The average molecular weight is 299 g/mol. The lowest BCUT2D eigenvalue weighted by molar-refractivity contribution is 0.309. The maximum Gasteiger partial charge on any atom is 0.268 e. The highest BCUT2D eigenvalue weighted by Gasteiger charge is 2.07. The average Bonchev–Trinajstić information content (AvgIpc) is 2.49. The topological polar surface area (TPSA) is 49.0 Å². The second-order valence-electron chi connectivity index (χ2n) is 5.35. The fraction of sp³-hybridized carbons (Fsp3) is 0.294. The van der Waals surface area contributed by atoms with Crippen molar-refractivity contribution >= 4 is 0 Å². The lowest BCUT2D eigenvalue weighted by Gasteiger charge is -2.17. The molecule has 1 aromatic heterocycles. The molecule has 4 nitrogen and oxygen atoms in total. The van der Waals surface area contributed by atoms with Gasteiger partial charge in [-0.15, -0.1) is 0 Å². The van der Waals surface area contributed by atoms with Gasteiger partial charge in [-0.05, 0) is 43.3 Å². The zero-order chi connectivity index (χ0) is 16.1. The number of nitriles is 1. The van der Waals surface area contributed by atoms with Gasteiger partial charge in [-0.25, -0.2) is 4.39 Å². The SMILES string of the molecule is Cc1ccn(CCN(C)Cc2ccc(F)cc2)c(=O)c1C#N. The first-order valence-corrected chi connectivity index (χ1v) is 7.04. The highest BCUT2D eigenvalue weighted by molar-refractivity contribution is 5.33. The maximum absolute atomic E-state index is 12.9. The first-order chi connectivity index (χ1) is 10.5. The molecule has 0 unspecified atom stereocenters. The molecule has 0 aliphatic rings. The van der Waals surface area contributed by atoms with Crippen molar-refractivity contribution in [3.05, 3.63) is 69.4 Å². The van der Waals surface area contributed by atoms with Gasteiger partial charge in [-0.3, -0.25) is 4.79 Å². The Labute approximate surface area is 129 Å². The van der Waals surface area contributed by atoms with Gasteiger partial charge >= 0.3 is 0 Å². The molecular formula is C17H18FN3O. The van der Waals surface area contributed by atoms with E-state index in [1.165, 1.54) is 12.1 Å². The molecule has 0 saturated heterocycles. The summed E-state index contributed by atoms with van der Waals surface area (Å²) in [6, 6.07) is 10.1. The number of halogens is 1. The predicted molar refractivity (Wildman–Crippen MR) is 82.9 cm³/mol. The van der Waals surface area contributed by atoms with Crippen LogP contribution in [0.15, 0.2) is 41.3 Å². The normalized spacial score (nSPS) is 10.7. The molecule has 0 fully saturated rings. The van der Waals surface area contributed by atoms with Gasteiger partial charge in [0.2, 0.25) is 0 Å². The van der Waals surface area contributed by atoms with Gasteiger partial charge in [0.05, 0.1) is 0 Å². The van der Waals surface area contributed by atoms with Crippen LogP contribution in [0.4, 0.5) is 4.39 Å². The summed E-state index contributed by atoms with van der Waals surface area (Å²) in [6.07, 6.45) is 1.71. The summed E-state index contributed by atoms with van der Waals surface area (Å²) >= 11 is 0. The molecular weight excluding hydrogens is 281 g/mol. The monoisotopic (exact) mass is 299 g/mol. The fourth-order valence-corrected chi connectivity index (χ4v) is 2.24. The molecule has 1 heterocycles. The Bertz CT molecular complexity index is 744. The maximum atomic E-state index is 12.9. The minimum Gasteiger partial charge on any atom is -0.313 e. The van der Waals surface area contributed by atoms with Crippen LogP contribution in [0.1, 0.15) is 16.7 Å². The minimum atomic E-state index is -0.252. The van der Waals surface area contributed by atoms with E-state index in [1.807, 2.05) is 18.0 Å². The van der Waals surface area contributed by atoms with Crippen molar-refractivity contribution in [1.29, 1.82) is 5.26 Å². The molecule has 0 radical (unpaired) electrons. The number of rotatable bonds is 5. The Balaban J connectivity index is 2.00. The summed E-state index contributed by atoms with van der Waals surface area (Å²) in [4.78, 5) is 14.2. The van der Waals surface area contributed by atoms with Crippen LogP contribution < -0.4 is 5.56 Å². The third-order valence-electron chi connectivity index (χ3n) is 3.57. The fourth-order valence-electron chi connectivity index (χ4n) is 2.24. The summed E-state index contributed by atoms with van der Waals surface area (Å²) in [5, 5.41) is 9.01. The lowest BCUT2D eigenvalue weighted by Crippen LogP contribution is -2.29. The molecule has 2 aromatic rings. The van der Waals surface area contributed by atoms with Crippen molar-refractivity contribution < 1.29 is 4.39 Å². The molecule has 0 spiro atoms. The van der Waals surface area contributed by atoms with Crippen molar-refractivity contribution in [3.63, 3.8) is 0 Å². The number of aryl methyl sites for hydroxylation is 1. The van der Waals surface area contributed by atoms with Crippen molar-refractivity contribution in [3.8, 4) is 6.07 Å². The van der Waals surface area contributed by atoms with Crippen LogP contribution >= 0.6 is 0 Å². The molecule has 0 saturated carbocycles. The molecule has 0 bridgehead atoms. The van der Waals surface area contributed by atoms with E-state index < -0.39 is 0 Å². The van der Waals surface area contributed by atoms with Crippen LogP contribution in [0.3, 0.4) is 0 Å². The zero-order valence-corrected chi connectivity index (χ0v) is 12.7. The molecule has 2 rings (SSSR count). The van der Waals surface area contributed by atoms with Crippen LogP contribution in [-0.2, 0) is 13.1 Å².